The number of likely N-dealkylation sites (N-methyl/N-ethyl adjacent to an activating group) is 1. The van der Waals surface area contributed by atoms with Gasteiger partial charge in [0, 0.05) is 42.8 Å². The molecule has 0 saturated carbocycles. The fourth-order valence-electron chi connectivity index (χ4n) is 3.58. The van der Waals surface area contributed by atoms with E-state index in [1.54, 1.807) is 24.3 Å². The van der Waals surface area contributed by atoms with E-state index in [1.807, 2.05) is 36.4 Å². The zero-order valence-corrected chi connectivity index (χ0v) is 19.8. The maximum absolute atomic E-state index is 12.4. The Balaban J connectivity index is 1.34. The average Bonchev–Trinajstić information content (AvgIpc) is 3.28. The Bertz CT molecular complexity index is 1150. The summed E-state index contributed by atoms with van der Waals surface area (Å²) in [5, 5.41) is 6.75. The number of carbonyl (C=O) groups is 1. The van der Waals surface area contributed by atoms with E-state index < -0.39 is 0 Å². The highest BCUT2D eigenvalue weighted by Gasteiger charge is 2.17. The molecular weight excluding hydrogens is 456 g/mol. The lowest BCUT2D eigenvalue weighted by molar-refractivity contribution is -0.115. The number of thiocarbonyl (C=S) groups is 1. The third-order valence-corrected chi connectivity index (χ3v) is 5.84. The number of para-hydroxylation sites is 2. The molecule has 1 aromatic heterocycles. The Hall–Kier alpha value is -3.13. The van der Waals surface area contributed by atoms with Crippen molar-refractivity contribution in [3.63, 3.8) is 0 Å². The first-order valence-corrected chi connectivity index (χ1v) is 11.4. The van der Waals surface area contributed by atoms with Crippen molar-refractivity contribution in [3.05, 3.63) is 77.5 Å². The number of nitrogens with zero attached hydrogens (tertiary/aromatic N) is 2. The van der Waals surface area contributed by atoms with Gasteiger partial charge in [0.2, 0.25) is 5.91 Å². The van der Waals surface area contributed by atoms with Crippen LogP contribution in [0.4, 0.5) is 11.4 Å². The van der Waals surface area contributed by atoms with E-state index in [4.69, 9.17) is 28.2 Å². The van der Waals surface area contributed by atoms with Crippen molar-refractivity contribution in [2.24, 2.45) is 0 Å². The predicted octanol–water partition coefficient (Wildman–Crippen LogP) is 4.88. The minimum absolute atomic E-state index is 0.243. The minimum atomic E-state index is -0.339. The van der Waals surface area contributed by atoms with Gasteiger partial charge in [-0.2, -0.15) is 0 Å². The van der Waals surface area contributed by atoms with Crippen LogP contribution in [0.1, 0.15) is 5.76 Å². The molecule has 170 valence electrons. The van der Waals surface area contributed by atoms with Crippen molar-refractivity contribution in [2.75, 3.05) is 43.4 Å². The zero-order chi connectivity index (χ0) is 23.2. The van der Waals surface area contributed by atoms with Crippen molar-refractivity contribution in [1.82, 2.24) is 10.2 Å². The Labute approximate surface area is 203 Å². The molecule has 0 atom stereocenters. The number of carbonyl (C=O) groups excluding carboxylic acids is 1. The summed E-state index contributed by atoms with van der Waals surface area (Å²) in [6.45, 7) is 3.90. The SMILES string of the molecule is CN1CCN(c2ccccc2NC(=S)NC(=O)/C=C/c2ccc(-c3ccc(Cl)cc3)o2)CC1. The van der Waals surface area contributed by atoms with Crippen molar-refractivity contribution in [2.45, 2.75) is 0 Å². The summed E-state index contributed by atoms with van der Waals surface area (Å²) in [6, 6.07) is 19.0. The molecule has 2 N–H and O–H groups in total. The number of anilines is 2. The minimum Gasteiger partial charge on any atom is -0.457 e. The van der Waals surface area contributed by atoms with Gasteiger partial charge >= 0.3 is 0 Å². The van der Waals surface area contributed by atoms with Crippen LogP contribution in [0.2, 0.25) is 5.02 Å². The summed E-state index contributed by atoms with van der Waals surface area (Å²) < 4.78 is 5.78. The van der Waals surface area contributed by atoms with E-state index in [-0.39, 0.29) is 11.0 Å². The monoisotopic (exact) mass is 480 g/mol. The van der Waals surface area contributed by atoms with Gasteiger partial charge in [0.25, 0.3) is 0 Å². The van der Waals surface area contributed by atoms with E-state index in [0.29, 0.717) is 16.5 Å². The number of nitrogens with one attached hydrogen (secondary N) is 2. The Kier molecular flexibility index (Phi) is 7.44. The smallest absolute Gasteiger partial charge is 0.250 e. The molecule has 6 nitrogen and oxygen atoms in total. The van der Waals surface area contributed by atoms with Crippen LogP contribution in [0.15, 0.2) is 71.2 Å². The van der Waals surface area contributed by atoms with Crippen molar-refractivity contribution in [1.29, 1.82) is 0 Å². The highest BCUT2D eigenvalue weighted by molar-refractivity contribution is 7.80. The topological polar surface area (TPSA) is 60.8 Å². The molecule has 8 heteroatoms. The lowest BCUT2D eigenvalue weighted by atomic mass is 10.2. The van der Waals surface area contributed by atoms with Crippen molar-refractivity contribution in [3.8, 4) is 11.3 Å². The molecular formula is C25H25ClN4O2S. The number of hydrogen-bond acceptors (Lipinski definition) is 5. The molecule has 2 heterocycles. The van der Waals surface area contributed by atoms with Gasteiger partial charge in [-0.15, -0.1) is 0 Å². The van der Waals surface area contributed by atoms with Gasteiger partial charge in [-0.3, -0.25) is 10.1 Å². The van der Waals surface area contributed by atoms with Crippen LogP contribution in [0.5, 0.6) is 0 Å². The lowest BCUT2D eigenvalue weighted by Crippen LogP contribution is -2.45. The van der Waals surface area contributed by atoms with Crippen molar-refractivity contribution >= 4 is 52.3 Å². The number of benzene rings is 2. The molecule has 33 heavy (non-hydrogen) atoms. The van der Waals surface area contributed by atoms with E-state index in [2.05, 4.69) is 33.5 Å². The lowest BCUT2D eigenvalue weighted by Gasteiger charge is -2.35. The summed E-state index contributed by atoms with van der Waals surface area (Å²) in [4.78, 5) is 17.0. The molecule has 1 aliphatic rings. The Morgan fingerprint density at radius 3 is 2.52 bits per heavy atom. The molecule has 1 amide bonds. The van der Waals surface area contributed by atoms with E-state index >= 15 is 0 Å². The third kappa shape index (κ3) is 6.22. The average molecular weight is 481 g/mol. The van der Waals surface area contributed by atoms with Gasteiger partial charge in [0.1, 0.15) is 11.5 Å². The van der Waals surface area contributed by atoms with E-state index in [1.165, 1.54) is 6.08 Å². The second kappa shape index (κ2) is 10.7. The molecule has 4 rings (SSSR count). The largest absolute Gasteiger partial charge is 0.457 e. The summed E-state index contributed by atoms with van der Waals surface area (Å²) in [7, 11) is 2.13. The van der Waals surface area contributed by atoms with Crippen LogP contribution >= 0.6 is 23.8 Å². The molecule has 0 unspecified atom stereocenters. The molecule has 3 aromatic rings. The molecule has 2 aromatic carbocycles. The van der Waals surface area contributed by atoms with E-state index in [0.717, 1.165) is 43.1 Å². The molecule has 0 bridgehead atoms. The quantitative estimate of drug-likeness (QED) is 0.401. The number of halogens is 1. The van der Waals surface area contributed by atoms with Crippen LogP contribution in [-0.4, -0.2) is 49.1 Å². The Morgan fingerprint density at radius 1 is 1.03 bits per heavy atom. The fourth-order valence-corrected chi connectivity index (χ4v) is 3.92. The highest BCUT2D eigenvalue weighted by atomic mass is 35.5. The van der Waals surface area contributed by atoms with Crippen LogP contribution in [-0.2, 0) is 4.79 Å². The zero-order valence-electron chi connectivity index (χ0n) is 18.3. The van der Waals surface area contributed by atoms with Gasteiger partial charge in [-0.05, 0) is 73.9 Å². The third-order valence-electron chi connectivity index (χ3n) is 5.39. The first kappa shape index (κ1) is 23.0. The first-order valence-electron chi connectivity index (χ1n) is 10.7. The van der Waals surface area contributed by atoms with Gasteiger partial charge in [-0.1, -0.05) is 23.7 Å². The normalized spacial score (nSPS) is 14.4. The number of furan rings is 1. The molecule has 0 spiro atoms. The number of piperazine rings is 1. The maximum Gasteiger partial charge on any atom is 0.250 e. The molecule has 0 aliphatic carbocycles. The van der Waals surface area contributed by atoms with Crippen LogP contribution < -0.4 is 15.5 Å². The maximum atomic E-state index is 12.4. The molecule has 1 fully saturated rings. The summed E-state index contributed by atoms with van der Waals surface area (Å²) >= 11 is 11.3. The Morgan fingerprint density at radius 2 is 1.76 bits per heavy atom. The van der Waals surface area contributed by atoms with E-state index in [9.17, 15) is 4.79 Å². The second-order valence-corrected chi connectivity index (χ2v) is 8.64. The number of amides is 1. The predicted molar refractivity (Wildman–Crippen MR) is 139 cm³/mol. The molecule has 1 aliphatic heterocycles. The first-order chi connectivity index (χ1) is 16.0. The summed E-state index contributed by atoms with van der Waals surface area (Å²) in [5.74, 6) is 0.924. The van der Waals surface area contributed by atoms with Gasteiger partial charge in [0.15, 0.2) is 5.11 Å². The van der Waals surface area contributed by atoms with Crippen LogP contribution in [0.3, 0.4) is 0 Å². The highest BCUT2D eigenvalue weighted by Crippen LogP contribution is 2.27. The second-order valence-electron chi connectivity index (χ2n) is 7.79. The number of hydrogen-bond donors (Lipinski definition) is 2. The number of rotatable bonds is 5. The van der Waals surface area contributed by atoms with Gasteiger partial charge in [-0.25, -0.2) is 0 Å². The molecule has 0 radical (unpaired) electrons. The van der Waals surface area contributed by atoms with Crippen LogP contribution in [0, 0.1) is 0 Å². The fraction of sp³-hybridized carbons (Fsp3) is 0.200. The summed E-state index contributed by atoms with van der Waals surface area (Å²) in [5.41, 5.74) is 2.85. The standard InChI is InChI=1S/C25H25ClN4O2S/c1-29-14-16-30(17-15-29)22-5-3-2-4-21(22)27-25(33)28-24(31)13-11-20-10-12-23(32-20)18-6-8-19(26)9-7-18/h2-13H,14-17H2,1H3,(H2,27,28,31,33)/b13-11+. The van der Waals surface area contributed by atoms with Gasteiger partial charge in [0.05, 0.1) is 11.4 Å². The molecule has 1 saturated heterocycles. The van der Waals surface area contributed by atoms with Crippen molar-refractivity contribution < 1.29 is 9.21 Å². The van der Waals surface area contributed by atoms with Crippen LogP contribution in [0.25, 0.3) is 17.4 Å². The van der Waals surface area contributed by atoms with Gasteiger partial charge < -0.3 is 19.5 Å². The summed E-state index contributed by atoms with van der Waals surface area (Å²) in [6.07, 6.45) is 3.00.